The molecule has 4 heterocycles. The van der Waals surface area contributed by atoms with Crippen LogP contribution >= 0.6 is 0 Å². The van der Waals surface area contributed by atoms with Crippen LogP contribution in [0, 0.1) is 35.5 Å². The number of likely N-dealkylation sites (N-methyl/N-ethyl adjacent to an activating group) is 2. The molecule has 1 aromatic rings. The van der Waals surface area contributed by atoms with Crippen molar-refractivity contribution in [3.8, 4) is 5.75 Å². The summed E-state index contributed by atoms with van der Waals surface area (Å²) in [5.41, 5.74) is 0.593. The first-order chi connectivity index (χ1) is 37.1. The molecule has 4 aliphatic rings. The summed E-state index contributed by atoms with van der Waals surface area (Å²) in [4.78, 5) is 151. The molecule has 0 radical (unpaired) electrons. The van der Waals surface area contributed by atoms with Gasteiger partial charge in [0.15, 0.2) is 0 Å². The van der Waals surface area contributed by atoms with Crippen LogP contribution in [0.5, 0.6) is 5.75 Å². The fraction of sp³-hybridized carbons (Fsp3) is 0.724. The Labute approximate surface area is 466 Å². The molecule has 21 heteroatoms. The number of piperidine rings is 1. The molecule has 14 atom stereocenters. The smallest absolute Gasteiger partial charge is 0.329 e. The molecule has 440 valence electrons. The maximum absolute atomic E-state index is 15.3. The van der Waals surface area contributed by atoms with Crippen LogP contribution in [0.2, 0.25) is 0 Å². The highest BCUT2D eigenvalue weighted by Gasteiger charge is 2.49. The van der Waals surface area contributed by atoms with Crippen LogP contribution in [0.15, 0.2) is 24.3 Å². The van der Waals surface area contributed by atoms with Gasteiger partial charge in [-0.3, -0.25) is 43.2 Å². The van der Waals surface area contributed by atoms with Crippen LogP contribution < -0.4 is 15.4 Å². The van der Waals surface area contributed by atoms with E-state index in [1.165, 1.54) is 66.5 Å². The monoisotopic (exact) mass is 1110 g/mol. The Morgan fingerprint density at radius 1 is 0.848 bits per heavy atom. The molecule has 4 fully saturated rings. The van der Waals surface area contributed by atoms with Gasteiger partial charge in [0.25, 0.3) is 5.91 Å². The zero-order valence-corrected chi connectivity index (χ0v) is 48.8. The number of ether oxygens (including phenoxy) is 2. The number of fused-ring (bicyclic) bond motifs is 1. The third-order valence-electron chi connectivity index (χ3n) is 16.7. The average molecular weight is 1110 g/mol. The summed E-state index contributed by atoms with van der Waals surface area (Å²) in [7, 11) is 4.38. The molecule has 4 aliphatic heterocycles. The molecule has 1 aromatic carbocycles. The predicted molar refractivity (Wildman–Crippen MR) is 291 cm³/mol. The Bertz CT molecular complexity index is 2380. The molecule has 0 saturated carbocycles. The number of hydrogen-bond donors (Lipinski definition) is 4. The number of ketones is 2. The molecular formula is C58H89N7O14. The number of Topliss-reactive ketones (excluding diaryl/α,β-unsaturated/α-hetero) is 2. The van der Waals surface area contributed by atoms with Crippen LogP contribution in [0.3, 0.4) is 0 Å². The van der Waals surface area contributed by atoms with E-state index >= 15 is 14.4 Å². The van der Waals surface area contributed by atoms with E-state index in [4.69, 9.17) is 9.47 Å². The number of cyclic esters (lactones) is 1. The number of hydrogen-bond acceptors (Lipinski definition) is 14. The molecule has 0 aliphatic carbocycles. The van der Waals surface area contributed by atoms with Gasteiger partial charge in [0, 0.05) is 58.9 Å². The fourth-order valence-electron chi connectivity index (χ4n) is 11.8. The summed E-state index contributed by atoms with van der Waals surface area (Å²) < 4.78 is 11.7. The van der Waals surface area contributed by atoms with Gasteiger partial charge >= 0.3 is 5.97 Å². The van der Waals surface area contributed by atoms with Crippen molar-refractivity contribution in [2.24, 2.45) is 35.5 Å². The molecule has 4 N–H and O–H groups in total. The second kappa shape index (κ2) is 28.0. The van der Waals surface area contributed by atoms with Gasteiger partial charge in [-0.1, -0.05) is 67.0 Å². The zero-order valence-electron chi connectivity index (χ0n) is 48.8. The van der Waals surface area contributed by atoms with Crippen LogP contribution in [-0.2, 0) is 59.1 Å². The number of carbonyl (C=O) groups is 10. The highest BCUT2D eigenvalue weighted by Crippen LogP contribution is 2.31. The Morgan fingerprint density at radius 3 is 2.09 bits per heavy atom. The lowest BCUT2D eigenvalue weighted by Gasteiger charge is -2.45. The predicted octanol–water partition coefficient (Wildman–Crippen LogP) is 2.69. The molecule has 0 aromatic heterocycles. The molecule has 79 heavy (non-hydrogen) atoms. The molecule has 5 rings (SSSR count). The number of esters is 1. The zero-order chi connectivity index (χ0) is 58.9. The molecule has 7 amide bonds. The number of carbonyl (C=O) groups excluding carboxylic acids is 10. The number of rotatable bonds is 12. The molecule has 2 unspecified atom stereocenters. The quantitative estimate of drug-likeness (QED) is 0.173. The van der Waals surface area contributed by atoms with E-state index in [0.717, 1.165) is 0 Å². The molecule has 21 nitrogen and oxygen atoms in total. The fourth-order valence-corrected chi connectivity index (χ4v) is 11.8. The van der Waals surface area contributed by atoms with E-state index in [-0.39, 0.29) is 63.6 Å². The number of amides is 7. The normalized spacial score (nSPS) is 30.5. The summed E-state index contributed by atoms with van der Waals surface area (Å²) in [6.07, 6.45) is -3.09. The van der Waals surface area contributed by atoms with Gasteiger partial charge in [-0.05, 0) is 101 Å². The van der Waals surface area contributed by atoms with Gasteiger partial charge < -0.3 is 54.8 Å². The van der Waals surface area contributed by atoms with Gasteiger partial charge in [-0.15, -0.1) is 0 Å². The number of nitrogens with one attached hydrogen (secondary N) is 2. The van der Waals surface area contributed by atoms with Crippen LogP contribution in [0.1, 0.15) is 133 Å². The minimum Gasteiger partial charge on any atom is -0.497 e. The van der Waals surface area contributed by atoms with E-state index in [2.05, 4.69) is 10.6 Å². The van der Waals surface area contributed by atoms with Gasteiger partial charge in [-0.25, -0.2) is 4.79 Å². The number of aliphatic hydroxyl groups excluding tert-OH is 2. The second-order valence-electron chi connectivity index (χ2n) is 23.6. The molecular weight excluding hydrogens is 1020 g/mol. The summed E-state index contributed by atoms with van der Waals surface area (Å²) in [6.45, 7) is 17.2. The van der Waals surface area contributed by atoms with E-state index in [1.54, 1.807) is 45.0 Å². The lowest BCUT2D eigenvalue weighted by molar-refractivity contribution is -0.169. The summed E-state index contributed by atoms with van der Waals surface area (Å²) in [5.74, 6) is -9.60. The lowest BCUT2D eigenvalue weighted by atomic mass is 9.80. The number of nitrogens with zero attached hydrogens (tertiary/aromatic N) is 5. The van der Waals surface area contributed by atoms with Crippen molar-refractivity contribution in [1.29, 1.82) is 0 Å². The number of aliphatic hydroxyl groups is 2. The third-order valence-corrected chi connectivity index (χ3v) is 16.7. The van der Waals surface area contributed by atoms with Crippen molar-refractivity contribution in [3.63, 3.8) is 0 Å². The first-order valence-corrected chi connectivity index (χ1v) is 28.4. The van der Waals surface area contributed by atoms with Crippen LogP contribution in [0.4, 0.5) is 0 Å². The Balaban J connectivity index is 1.64. The number of likely N-dealkylation sites (tertiary alicyclic amines) is 2. The van der Waals surface area contributed by atoms with Gasteiger partial charge in [0.05, 0.1) is 25.2 Å². The Hall–Kier alpha value is -5.96. The Kier molecular flexibility index (Phi) is 22.6. The maximum Gasteiger partial charge on any atom is 0.329 e. The molecule has 0 bridgehead atoms. The lowest BCUT2D eigenvalue weighted by Crippen LogP contribution is -2.66. The molecule has 4 saturated heterocycles. The minimum atomic E-state index is -1.63. The van der Waals surface area contributed by atoms with Crippen molar-refractivity contribution in [1.82, 2.24) is 35.1 Å². The van der Waals surface area contributed by atoms with Crippen molar-refractivity contribution < 1.29 is 67.6 Å². The first kappa shape index (κ1) is 63.9. The van der Waals surface area contributed by atoms with Gasteiger partial charge in [0.2, 0.25) is 35.4 Å². The van der Waals surface area contributed by atoms with Crippen molar-refractivity contribution in [2.45, 2.75) is 194 Å². The number of methoxy groups -OCH3 is 1. The SMILES string of the molecule is CC[C@H](C)[C@H]1NC(=O)[C@@H](N2CC(C)CC(N(C)C(=O)[C@@H]3CCCN3C(=O)[C@H](C)O)C2=O)[C@@H](C)OC(=O)[C@H](Cc2ccc(OC)cc2)N(C)C(=O)[C@@H]2CCCN2C(=O)[C@H](CC(C)C)NC(=O)[C@@H](C)C(=O)[C@H](C(C)C)CC(=O)C[C@@H]1O. The van der Waals surface area contributed by atoms with Crippen LogP contribution in [-0.4, -0.2) is 195 Å². The number of benzene rings is 1. The summed E-state index contributed by atoms with van der Waals surface area (Å²) in [5, 5.41) is 27.9. The minimum absolute atomic E-state index is 0.0418. The highest BCUT2D eigenvalue weighted by atomic mass is 16.5. The Morgan fingerprint density at radius 2 is 1.49 bits per heavy atom. The van der Waals surface area contributed by atoms with E-state index in [9.17, 15) is 43.8 Å². The van der Waals surface area contributed by atoms with Crippen molar-refractivity contribution in [3.05, 3.63) is 29.8 Å². The van der Waals surface area contributed by atoms with Gasteiger partial charge in [-0.2, -0.15) is 0 Å². The first-order valence-electron chi connectivity index (χ1n) is 28.4. The highest BCUT2D eigenvalue weighted by molar-refractivity contribution is 6.05. The third kappa shape index (κ3) is 15.3. The topological polar surface area (TPSA) is 270 Å². The molecule has 0 spiro atoms. The average Bonchev–Trinajstić information content (AvgIpc) is 4.11. The van der Waals surface area contributed by atoms with E-state index < -0.39 is 150 Å². The maximum atomic E-state index is 15.3. The van der Waals surface area contributed by atoms with Crippen LogP contribution in [0.25, 0.3) is 0 Å². The largest absolute Gasteiger partial charge is 0.497 e. The van der Waals surface area contributed by atoms with Crippen molar-refractivity contribution in [2.75, 3.05) is 40.8 Å². The van der Waals surface area contributed by atoms with Gasteiger partial charge in [0.1, 0.15) is 65.8 Å². The van der Waals surface area contributed by atoms with E-state index in [0.29, 0.717) is 37.0 Å². The van der Waals surface area contributed by atoms with Crippen molar-refractivity contribution >= 4 is 58.9 Å². The summed E-state index contributed by atoms with van der Waals surface area (Å²) >= 11 is 0. The second-order valence-corrected chi connectivity index (χ2v) is 23.6. The van der Waals surface area contributed by atoms with E-state index in [1.807, 2.05) is 27.7 Å². The summed E-state index contributed by atoms with van der Waals surface area (Å²) in [6, 6.07) is -1.63. The standard InChI is InChI=1S/C58H89N7O14/c1-14-34(7)48-47(68)29-39(67)28-41(32(4)5)50(69)35(8)51(70)59-42(25-31(2)3)54(73)64-24-16-18-44(64)56(75)62(12)46(27-38-19-21-40(78-13)22-20-38)58(77)79-37(10)49(52(71)60-48)65-30-33(6)26-45(57(65)76)61(11)55(74)43-17-15-23-63(43)53(72)36(9)66/h19-22,31-37,41-49,66,68H,14-18,23-30H2,1-13H3,(H,59,70)(H,60,71)/t33?,34-,35-,36-,37+,41-,42-,43-,44-,45?,46-,47-,48+,49-/m0/s1.